The molecule has 0 aliphatic heterocycles. The first-order valence-corrected chi connectivity index (χ1v) is 12.0. The molecule has 4 rings (SSSR count). The fourth-order valence-corrected chi connectivity index (χ4v) is 3.80. The Morgan fingerprint density at radius 2 is 2.00 bits per heavy atom. The molecule has 13 heteroatoms. The molecule has 0 fully saturated rings. The topological polar surface area (TPSA) is 174 Å². The quantitative estimate of drug-likeness (QED) is 0.232. The molecular weight excluding hydrogens is 469 g/mol. The van der Waals surface area contributed by atoms with Crippen molar-refractivity contribution in [1.82, 2.24) is 10.1 Å². The van der Waals surface area contributed by atoms with Crippen LogP contribution in [0.15, 0.2) is 58.6 Å². The van der Waals surface area contributed by atoms with Crippen LogP contribution in [0, 0.1) is 0 Å². The Hall–Kier alpha value is -3.28. The van der Waals surface area contributed by atoms with Crippen LogP contribution in [-0.2, 0) is 28.8 Å². The lowest BCUT2D eigenvalue weighted by Crippen LogP contribution is -2.41. The van der Waals surface area contributed by atoms with E-state index in [0.717, 1.165) is 16.3 Å². The molecule has 0 saturated heterocycles. The van der Waals surface area contributed by atoms with Crippen molar-refractivity contribution >= 4 is 30.8 Å². The number of hydrogen-bond donors (Lipinski definition) is 3. The van der Waals surface area contributed by atoms with Crippen LogP contribution < -0.4 is 25.7 Å². The van der Waals surface area contributed by atoms with Gasteiger partial charge >= 0.3 is 0 Å². The Morgan fingerprint density at radius 1 is 1.21 bits per heavy atom. The number of hydrogen-bond acceptors (Lipinski definition) is 10. The van der Waals surface area contributed by atoms with Gasteiger partial charge in [-0.15, -0.1) is 11.3 Å². The van der Waals surface area contributed by atoms with Crippen molar-refractivity contribution < 1.29 is 32.7 Å². The smallest absolute Gasteiger partial charge is 0.268 e. The molecule has 0 aliphatic carbocycles. The van der Waals surface area contributed by atoms with Crippen molar-refractivity contribution in [3.8, 4) is 17.1 Å². The summed E-state index contributed by atoms with van der Waals surface area (Å²) in [6.45, 7) is -0.164. The third-order valence-electron chi connectivity index (χ3n) is 4.63. The van der Waals surface area contributed by atoms with Gasteiger partial charge in [0.2, 0.25) is 11.6 Å². The molecule has 0 radical (unpaired) electrons. The maximum Gasteiger partial charge on any atom is 0.268 e. The van der Waals surface area contributed by atoms with Crippen molar-refractivity contribution in [1.29, 1.82) is 0 Å². The van der Waals surface area contributed by atoms with Crippen molar-refractivity contribution in [2.24, 2.45) is 0 Å². The second kappa shape index (κ2) is 9.69. The third-order valence-corrected chi connectivity index (χ3v) is 5.82. The number of rotatable bonds is 9. The van der Waals surface area contributed by atoms with Gasteiger partial charge in [-0.25, -0.2) is 9.55 Å². The average molecular weight is 489 g/mol. The van der Waals surface area contributed by atoms with Gasteiger partial charge in [0.25, 0.3) is 7.82 Å². The molecule has 1 atom stereocenters. The summed E-state index contributed by atoms with van der Waals surface area (Å²) < 4.78 is 27.6. The van der Waals surface area contributed by atoms with Crippen LogP contribution >= 0.6 is 19.2 Å². The molecule has 3 aromatic heterocycles. The lowest BCUT2D eigenvalue weighted by Gasteiger charge is -2.16. The Balaban J connectivity index is 1.44. The van der Waals surface area contributed by atoms with Crippen LogP contribution in [0.2, 0.25) is 0 Å². The second-order valence-electron chi connectivity index (χ2n) is 6.93. The van der Waals surface area contributed by atoms with Gasteiger partial charge in [0.15, 0.2) is 12.5 Å². The molecule has 1 unspecified atom stereocenters. The fourth-order valence-electron chi connectivity index (χ4n) is 3.02. The Bertz CT molecular complexity index is 1270. The summed E-state index contributed by atoms with van der Waals surface area (Å²) in [4.78, 5) is 23.9. The number of thiazole rings is 1. The number of nitrogens with two attached hydrogens (primary N) is 2. The van der Waals surface area contributed by atoms with E-state index in [1.165, 1.54) is 22.0 Å². The zero-order valence-electron chi connectivity index (χ0n) is 17.2. The zero-order valence-corrected chi connectivity index (χ0v) is 18.9. The first-order chi connectivity index (χ1) is 15.8. The molecule has 0 amide bonds. The molecule has 0 spiro atoms. The molecule has 0 aliphatic rings. The molecule has 3 heterocycles. The van der Waals surface area contributed by atoms with E-state index in [9.17, 15) is 9.46 Å². The molecular formula is C20H20N5O6PS. The van der Waals surface area contributed by atoms with Crippen molar-refractivity contribution in [2.45, 2.75) is 19.8 Å². The van der Waals surface area contributed by atoms with Gasteiger partial charge in [0.1, 0.15) is 17.4 Å². The predicted octanol–water partition coefficient (Wildman–Crippen LogP) is 1.85. The van der Waals surface area contributed by atoms with Crippen LogP contribution in [0.5, 0.6) is 5.75 Å². The van der Waals surface area contributed by atoms with Crippen molar-refractivity contribution in [3.05, 3.63) is 70.3 Å². The maximum absolute atomic E-state index is 10.9. The van der Waals surface area contributed by atoms with Crippen LogP contribution in [0.3, 0.4) is 0 Å². The van der Waals surface area contributed by atoms with E-state index in [0.29, 0.717) is 30.0 Å². The highest BCUT2D eigenvalue weighted by atomic mass is 32.1. The highest BCUT2D eigenvalue weighted by Gasteiger charge is 2.19. The standard InChI is InChI=1S/C20H20N5O6PS/c21-18-6-5-16(20(22)25(18)12-30-32(26,27)28)17-10-14(24-31-17)9-13-1-3-15(4-2-13)29-11-19-23-7-8-33-19/h1-8,10H,9,11-12H2,(H5,21,22,24,26,27,28). The van der Waals surface area contributed by atoms with Gasteiger partial charge in [-0.2, -0.15) is 0 Å². The SMILES string of the molecule is Nc1ccc(-c2cc(Cc3ccc(OCc4nccs4)cc3)no2)c(N)[n+]1COP(=O)([O-])O. The first-order valence-electron chi connectivity index (χ1n) is 9.61. The summed E-state index contributed by atoms with van der Waals surface area (Å²) >= 11 is 1.54. The van der Waals surface area contributed by atoms with E-state index in [4.69, 9.17) is 25.6 Å². The predicted molar refractivity (Wildman–Crippen MR) is 118 cm³/mol. The van der Waals surface area contributed by atoms with E-state index in [-0.39, 0.29) is 11.6 Å². The minimum atomic E-state index is -4.94. The van der Waals surface area contributed by atoms with Gasteiger partial charge in [-0.3, -0.25) is 9.09 Å². The van der Waals surface area contributed by atoms with Crippen LogP contribution in [0.4, 0.5) is 11.6 Å². The Kier molecular flexibility index (Phi) is 6.72. The minimum absolute atomic E-state index is 0.0906. The highest BCUT2D eigenvalue weighted by Crippen LogP contribution is 2.31. The van der Waals surface area contributed by atoms with Crippen molar-refractivity contribution in [2.75, 3.05) is 11.5 Å². The number of nitrogen functional groups attached to an aromatic ring is 2. The molecule has 0 saturated carbocycles. The molecule has 4 aromatic rings. The number of phosphoric acid groups is 1. The monoisotopic (exact) mass is 489 g/mol. The zero-order chi connectivity index (χ0) is 23.4. The number of benzene rings is 1. The summed E-state index contributed by atoms with van der Waals surface area (Å²) in [5.41, 5.74) is 14.1. The largest absolute Gasteiger partial charge is 0.756 e. The molecule has 172 valence electrons. The summed E-state index contributed by atoms with van der Waals surface area (Å²) in [5, 5.41) is 6.89. The number of nitrogens with zero attached hydrogens (tertiary/aromatic N) is 3. The van der Waals surface area contributed by atoms with Gasteiger partial charge < -0.3 is 30.5 Å². The Labute approximate surface area is 192 Å². The van der Waals surface area contributed by atoms with E-state index in [2.05, 4.69) is 14.7 Å². The van der Waals surface area contributed by atoms with Gasteiger partial charge in [0.05, 0.1) is 11.3 Å². The number of pyridine rings is 1. The summed E-state index contributed by atoms with van der Waals surface area (Å²) in [6, 6.07) is 12.5. The van der Waals surface area contributed by atoms with Crippen molar-refractivity contribution in [3.63, 3.8) is 0 Å². The Morgan fingerprint density at radius 3 is 2.70 bits per heavy atom. The normalized spacial score (nSPS) is 13.0. The van der Waals surface area contributed by atoms with E-state index < -0.39 is 14.6 Å². The fraction of sp³-hybridized carbons (Fsp3) is 0.150. The number of anilines is 2. The van der Waals surface area contributed by atoms with Crippen LogP contribution in [0.25, 0.3) is 11.3 Å². The first kappa shape index (κ1) is 22.9. The lowest BCUT2D eigenvalue weighted by atomic mass is 10.1. The summed E-state index contributed by atoms with van der Waals surface area (Å²) in [5.74, 6) is 1.34. The van der Waals surface area contributed by atoms with E-state index >= 15 is 0 Å². The van der Waals surface area contributed by atoms with E-state index in [1.54, 1.807) is 18.3 Å². The van der Waals surface area contributed by atoms with Gasteiger partial charge in [-0.1, -0.05) is 17.3 Å². The van der Waals surface area contributed by atoms with Crippen LogP contribution in [-0.4, -0.2) is 15.0 Å². The second-order valence-corrected chi connectivity index (χ2v) is 9.10. The summed E-state index contributed by atoms with van der Waals surface area (Å²) in [6.07, 6.45) is 2.25. The molecule has 11 nitrogen and oxygen atoms in total. The maximum atomic E-state index is 10.9. The lowest BCUT2D eigenvalue weighted by molar-refractivity contribution is -0.699. The third kappa shape index (κ3) is 5.95. The number of aromatic nitrogens is 3. The van der Waals surface area contributed by atoms with Crippen LogP contribution in [0.1, 0.15) is 16.3 Å². The minimum Gasteiger partial charge on any atom is -0.756 e. The number of ether oxygens (including phenoxy) is 1. The highest BCUT2D eigenvalue weighted by molar-refractivity contribution is 7.44. The van der Waals surface area contributed by atoms with E-state index in [1.807, 2.05) is 29.6 Å². The molecule has 0 bridgehead atoms. The molecule has 1 aromatic carbocycles. The number of phosphoric ester groups is 1. The molecule has 33 heavy (non-hydrogen) atoms. The average Bonchev–Trinajstić information content (AvgIpc) is 3.45. The molecule has 5 N–H and O–H groups in total. The van der Waals surface area contributed by atoms with Gasteiger partial charge in [-0.05, 0) is 23.8 Å². The summed E-state index contributed by atoms with van der Waals surface area (Å²) in [7, 11) is -4.94. The van der Waals surface area contributed by atoms with Gasteiger partial charge in [0, 0.05) is 30.1 Å².